The number of nitrogens with one attached hydrogen (secondary N) is 1. The fourth-order valence-electron chi connectivity index (χ4n) is 0.690. The molecule has 1 rings (SSSR count). The minimum atomic E-state index is -0.448. The molecule has 0 aliphatic rings. The Balaban J connectivity index is 0.00000121. The molecule has 12 heavy (non-hydrogen) atoms. The predicted octanol–water partition coefficient (Wildman–Crippen LogP) is 1.48. The zero-order valence-corrected chi connectivity index (χ0v) is 9.20. The summed E-state index contributed by atoms with van der Waals surface area (Å²) in [5, 5.41) is 2.53. The molecule has 1 aromatic rings. The van der Waals surface area contributed by atoms with Crippen molar-refractivity contribution in [3.63, 3.8) is 0 Å². The van der Waals surface area contributed by atoms with Gasteiger partial charge in [0.1, 0.15) is 0 Å². The van der Waals surface area contributed by atoms with Crippen LogP contribution in [0.2, 0.25) is 0 Å². The van der Waals surface area contributed by atoms with Gasteiger partial charge in [0.05, 0.1) is 7.11 Å². The van der Waals surface area contributed by atoms with E-state index < -0.39 is 6.09 Å². The monoisotopic (exact) mass is 174 g/mol. The molecular formula is C8H9NNaO2. The molecular weight excluding hydrogens is 165 g/mol. The van der Waals surface area contributed by atoms with Gasteiger partial charge in [-0.1, -0.05) is 18.2 Å². The number of carbonyl (C=O) groups is 1. The second-order valence-electron chi connectivity index (χ2n) is 1.98. The van der Waals surface area contributed by atoms with Crippen molar-refractivity contribution in [2.24, 2.45) is 0 Å². The van der Waals surface area contributed by atoms with Crippen LogP contribution in [0.15, 0.2) is 30.3 Å². The quantitative estimate of drug-likeness (QED) is 0.655. The number of rotatable bonds is 1. The maximum absolute atomic E-state index is 10.6. The Hall–Kier alpha value is -0.510. The van der Waals surface area contributed by atoms with Crippen LogP contribution >= 0.6 is 0 Å². The fraction of sp³-hybridized carbons (Fsp3) is 0.125. The number of amides is 1. The molecule has 0 atom stereocenters. The molecule has 1 amide bonds. The van der Waals surface area contributed by atoms with Crippen LogP contribution in [0, 0.1) is 0 Å². The third kappa shape index (κ3) is 3.76. The standard InChI is InChI=1S/C8H9NO2.Na/c1-11-8(10)9-7-5-3-2-4-6-7;/h2-6H,1H3,(H,9,10);. The molecule has 0 heterocycles. The maximum Gasteiger partial charge on any atom is 0.411 e. The van der Waals surface area contributed by atoms with Crippen molar-refractivity contribution >= 4 is 41.3 Å². The Bertz CT molecular complexity index is 238. The molecule has 0 aliphatic carbocycles. The summed E-state index contributed by atoms with van der Waals surface area (Å²) in [5.74, 6) is 0. The molecule has 3 nitrogen and oxygen atoms in total. The van der Waals surface area contributed by atoms with Gasteiger partial charge in [0.15, 0.2) is 0 Å². The Labute approximate surface area is 93.4 Å². The van der Waals surface area contributed by atoms with Gasteiger partial charge in [0.2, 0.25) is 0 Å². The molecule has 1 radical (unpaired) electrons. The van der Waals surface area contributed by atoms with Gasteiger partial charge < -0.3 is 4.74 Å². The number of hydrogen-bond donors (Lipinski definition) is 1. The van der Waals surface area contributed by atoms with Crippen LogP contribution in [0.4, 0.5) is 10.5 Å². The Kier molecular flexibility index (Phi) is 5.80. The minimum Gasteiger partial charge on any atom is -0.453 e. The molecule has 0 aliphatic heterocycles. The number of anilines is 1. The van der Waals surface area contributed by atoms with E-state index in [-0.39, 0.29) is 29.6 Å². The van der Waals surface area contributed by atoms with E-state index in [9.17, 15) is 4.79 Å². The molecule has 0 saturated heterocycles. The van der Waals surface area contributed by atoms with Gasteiger partial charge in [-0.2, -0.15) is 0 Å². The molecule has 1 N–H and O–H groups in total. The fourth-order valence-corrected chi connectivity index (χ4v) is 0.690. The van der Waals surface area contributed by atoms with Gasteiger partial charge in [-0.05, 0) is 12.1 Å². The second kappa shape index (κ2) is 6.06. The van der Waals surface area contributed by atoms with Crippen molar-refractivity contribution in [1.82, 2.24) is 0 Å². The van der Waals surface area contributed by atoms with Crippen molar-refractivity contribution in [2.45, 2.75) is 0 Å². The van der Waals surface area contributed by atoms with E-state index in [2.05, 4.69) is 10.1 Å². The van der Waals surface area contributed by atoms with E-state index in [0.29, 0.717) is 0 Å². The topological polar surface area (TPSA) is 38.3 Å². The van der Waals surface area contributed by atoms with E-state index >= 15 is 0 Å². The molecule has 0 saturated carbocycles. The zero-order valence-electron chi connectivity index (χ0n) is 7.20. The molecule has 0 unspecified atom stereocenters. The first-order valence-electron chi connectivity index (χ1n) is 3.23. The van der Waals surface area contributed by atoms with Crippen LogP contribution in [0.25, 0.3) is 0 Å². The number of ether oxygens (including phenoxy) is 1. The number of methoxy groups -OCH3 is 1. The van der Waals surface area contributed by atoms with Crippen LogP contribution in [-0.2, 0) is 4.74 Å². The first kappa shape index (κ1) is 11.5. The molecule has 0 spiro atoms. The van der Waals surface area contributed by atoms with Gasteiger partial charge in [-0.25, -0.2) is 4.79 Å². The minimum absolute atomic E-state index is 0. The third-order valence-electron chi connectivity index (χ3n) is 1.21. The average molecular weight is 174 g/mol. The predicted molar refractivity (Wildman–Crippen MR) is 48.2 cm³/mol. The summed E-state index contributed by atoms with van der Waals surface area (Å²) in [4.78, 5) is 10.6. The largest absolute Gasteiger partial charge is 0.453 e. The summed E-state index contributed by atoms with van der Waals surface area (Å²) in [6, 6.07) is 9.13. The third-order valence-corrected chi connectivity index (χ3v) is 1.21. The summed E-state index contributed by atoms with van der Waals surface area (Å²) >= 11 is 0. The molecule has 0 aromatic heterocycles. The van der Waals surface area contributed by atoms with Crippen LogP contribution in [0.5, 0.6) is 0 Å². The van der Waals surface area contributed by atoms with Crippen molar-refractivity contribution in [3.8, 4) is 0 Å². The molecule has 59 valence electrons. The Morgan fingerprint density at radius 3 is 2.42 bits per heavy atom. The molecule has 0 bridgehead atoms. The van der Waals surface area contributed by atoms with Crippen LogP contribution in [-0.4, -0.2) is 42.8 Å². The van der Waals surface area contributed by atoms with Crippen LogP contribution in [0.3, 0.4) is 0 Å². The van der Waals surface area contributed by atoms with Crippen molar-refractivity contribution in [1.29, 1.82) is 0 Å². The number of carbonyl (C=O) groups excluding carboxylic acids is 1. The summed E-state index contributed by atoms with van der Waals surface area (Å²) in [6.45, 7) is 0. The number of para-hydroxylation sites is 1. The molecule has 1 aromatic carbocycles. The normalized spacial score (nSPS) is 8.08. The van der Waals surface area contributed by atoms with E-state index in [1.54, 1.807) is 12.1 Å². The second-order valence-corrected chi connectivity index (χ2v) is 1.98. The zero-order chi connectivity index (χ0) is 8.10. The first-order chi connectivity index (χ1) is 5.33. The summed E-state index contributed by atoms with van der Waals surface area (Å²) < 4.78 is 4.40. The van der Waals surface area contributed by atoms with Gasteiger partial charge in [0, 0.05) is 35.2 Å². The van der Waals surface area contributed by atoms with Crippen LogP contribution in [0.1, 0.15) is 0 Å². The van der Waals surface area contributed by atoms with E-state index in [4.69, 9.17) is 0 Å². The van der Waals surface area contributed by atoms with Crippen molar-refractivity contribution < 1.29 is 9.53 Å². The van der Waals surface area contributed by atoms with E-state index in [1.807, 2.05) is 18.2 Å². The van der Waals surface area contributed by atoms with Crippen LogP contribution < -0.4 is 5.32 Å². The van der Waals surface area contributed by atoms with Gasteiger partial charge >= 0.3 is 6.09 Å². The van der Waals surface area contributed by atoms with Crippen molar-refractivity contribution in [3.05, 3.63) is 30.3 Å². The summed E-state index contributed by atoms with van der Waals surface area (Å²) in [5.41, 5.74) is 0.736. The maximum atomic E-state index is 10.6. The summed E-state index contributed by atoms with van der Waals surface area (Å²) in [6.07, 6.45) is -0.448. The molecule has 0 fully saturated rings. The van der Waals surface area contributed by atoms with Gasteiger partial charge in [-0.15, -0.1) is 0 Å². The number of hydrogen-bond acceptors (Lipinski definition) is 2. The van der Waals surface area contributed by atoms with Gasteiger partial charge in [0.25, 0.3) is 0 Å². The van der Waals surface area contributed by atoms with E-state index in [1.165, 1.54) is 7.11 Å². The first-order valence-corrected chi connectivity index (χ1v) is 3.23. The summed E-state index contributed by atoms with van der Waals surface area (Å²) in [7, 11) is 1.33. The average Bonchev–Trinajstić information content (AvgIpc) is 2.06. The van der Waals surface area contributed by atoms with E-state index in [0.717, 1.165) is 5.69 Å². The Morgan fingerprint density at radius 2 is 1.92 bits per heavy atom. The smallest absolute Gasteiger partial charge is 0.411 e. The van der Waals surface area contributed by atoms with Crippen molar-refractivity contribution in [2.75, 3.05) is 12.4 Å². The van der Waals surface area contributed by atoms with Gasteiger partial charge in [-0.3, -0.25) is 5.32 Å². The Morgan fingerprint density at radius 1 is 1.33 bits per heavy atom. The SMILES string of the molecule is COC(=O)Nc1ccccc1.[Na]. The molecule has 4 heteroatoms. The number of benzene rings is 1.